The molecule has 80 valence electrons. The number of carbonyl (C=O) groups is 1. The predicted octanol–water partition coefficient (Wildman–Crippen LogP) is 3.22. The zero-order chi connectivity index (χ0) is 11.0. The molecule has 1 aromatic heterocycles. The van der Waals surface area contributed by atoms with E-state index in [0.29, 0.717) is 12.3 Å². The molecule has 0 saturated heterocycles. The van der Waals surface area contributed by atoms with Crippen LogP contribution < -0.4 is 0 Å². The number of benzene rings is 1. The van der Waals surface area contributed by atoms with Gasteiger partial charge in [0.05, 0.1) is 0 Å². The van der Waals surface area contributed by atoms with Crippen LogP contribution in [0.4, 0.5) is 0 Å². The molecule has 1 aliphatic carbocycles. The quantitative estimate of drug-likeness (QED) is 0.729. The molecule has 16 heavy (non-hydrogen) atoms. The third-order valence-corrected chi connectivity index (χ3v) is 3.15. The standard InChI is InChI=1S/C14H13NO/c16-14(8-10-4-5-10)13-3-1-2-11-9-15-7-6-12(11)13/h1-3,6-7,9-10H,4-5,8H2. The average molecular weight is 211 g/mol. The zero-order valence-electron chi connectivity index (χ0n) is 9.02. The average Bonchev–Trinajstić information content (AvgIpc) is 3.12. The van der Waals surface area contributed by atoms with Crippen molar-refractivity contribution in [3.8, 4) is 0 Å². The van der Waals surface area contributed by atoms with Crippen molar-refractivity contribution in [1.29, 1.82) is 0 Å². The van der Waals surface area contributed by atoms with Gasteiger partial charge in [-0.3, -0.25) is 9.78 Å². The van der Waals surface area contributed by atoms with Crippen LogP contribution in [-0.4, -0.2) is 10.8 Å². The van der Waals surface area contributed by atoms with Gasteiger partial charge in [-0.15, -0.1) is 0 Å². The van der Waals surface area contributed by atoms with Crippen LogP contribution in [-0.2, 0) is 0 Å². The van der Waals surface area contributed by atoms with E-state index in [0.717, 1.165) is 16.3 Å². The van der Waals surface area contributed by atoms with Crippen molar-refractivity contribution in [2.24, 2.45) is 5.92 Å². The molecule has 0 N–H and O–H groups in total. The molecule has 0 atom stereocenters. The van der Waals surface area contributed by atoms with Crippen LogP contribution in [0.3, 0.4) is 0 Å². The van der Waals surface area contributed by atoms with E-state index < -0.39 is 0 Å². The number of aromatic nitrogens is 1. The summed E-state index contributed by atoms with van der Waals surface area (Å²) in [5.41, 5.74) is 0.854. The fourth-order valence-corrected chi connectivity index (χ4v) is 2.06. The van der Waals surface area contributed by atoms with Crippen molar-refractivity contribution in [1.82, 2.24) is 4.98 Å². The molecule has 1 aliphatic rings. The summed E-state index contributed by atoms with van der Waals surface area (Å²) in [6, 6.07) is 7.78. The Morgan fingerprint density at radius 2 is 2.19 bits per heavy atom. The molecule has 2 heteroatoms. The Kier molecular flexibility index (Phi) is 2.21. The van der Waals surface area contributed by atoms with Crippen LogP contribution >= 0.6 is 0 Å². The molecule has 2 nitrogen and oxygen atoms in total. The molecular formula is C14H13NO. The van der Waals surface area contributed by atoms with Gasteiger partial charge in [-0.1, -0.05) is 18.2 Å². The van der Waals surface area contributed by atoms with Crippen molar-refractivity contribution >= 4 is 16.6 Å². The first kappa shape index (κ1) is 9.52. The Balaban J connectivity index is 2.04. The lowest BCUT2D eigenvalue weighted by Gasteiger charge is -2.04. The summed E-state index contributed by atoms with van der Waals surface area (Å²) in [5, 5.41) is 2.08. The number of nitrogens with zero attached hydrogens (tertiary/aromatic N) is 1. The lowest BCUT2D eigenvalue weighted by molar-refractivity contribution is 0.0977. The van der Waals surface area contributed by atoms with E-state index in [1.807, 2.05) is 30.5 Å². The molecule has 0 unspecified atom stereocenters. The molecule has 0 spiro atoms. The van der Waals surface area contributed by atoms with Gasteiger partial charge in [0.15, 0.2) is 5.78 Å². The molecule has 0 amide bonds. The number of ketones is 1. The van der Waals surface area contributed by atoms with Crippen molar-refractivity contribution < 1.29 is 4.79 Å². The first-order chi connectivity index (χ1) is 7.84. The molecule has 2 aromatic rings. The van der Waals surface area contributed by atoms with E-state index in [1.165, 1.54) is 12.8 Å². The smallest absolute Gasteiger partial charge is 0.163 e. The first-order valence-corrected chi connectivity index (χ1v) is 5.70. The van der Waals surface area contributed by atoms with E-state index in [9.17, 15) is 4.79 Å². The topological polar surface area (TPSA) is 30.0 Å². The number of fused-ring (bicyclic) bond motifs is 1. The van der Waals surface area contributed by atoms with Crippen molar-refractivity contribution in [2.75, 3.05) is 0 Å². The van der Waals surface area contributed by atoms with Gasteiger partial charge in [0.2, 0.25) is 0 Å². The van der Waals surface area contributed by atoms with Gasteiger partial charge >= 0.3 is 0 Å². The lowest BCUT2D eigenvalue weighted by atomic mass is 10.00. The molecule has 1 aromatic carbocycles. The fourth-order valence-electron chi connectivity index (χ4n) is 2.06. The molecule has 0 aliphatic heterocycles. The lowest BCUT2D eigenvalue weighted by Crippen LogP contribution is -2.00. The summed E-state index contributed by atoms with van der Waals surface area (Å²) in [4.78, 5) is 16.2. The van der Waals surface area contributed by atoms with Crippen molar-refractivity contribution in [3.05, 3.63) is 42.2 Å². The minimum Gasteiger partial charge on any atom is -0.294 e. The second-order valence-corrected chi connectivity index (χ2v) is 4.47. The number of hydrogen-bond donors (Lipinski definition) is 0. The summed E-state index contributed by atoms with van der Waals surface area (Å²) in [7, 11) is 0. The van der Waals surface area contributed by atoms with Gasteiger partial charge in [0.1, 0.15) is 0 Å². The van der Waals surface area contributed by atoms with Gasteiger partial charge in [0.25, 0.3) is 0 Å². The fraction of sp³-hybridized carbons (Fsp3) is 0.286. The van der Waals surface area contributed by atoms with Crippen LogP contribution in [0.2, 0.25) is 0 Å². The van der Waals surface area contributed by atoms with Crippen LogP contribution in [0.1, 0.15) is 29.6 Å². The van der Waals surface area contributed by atoms with Crippen molar-refractivity contribution in [2.45, 2.75) is 19.3 Å². The minimum absolute atomic E-state index is 0.277. The molecular weight excluding hydrogens is 198 g/mol. The van der Waals surface area contributed by atoms with Gasteiger partial charge in [0, 0.05) is 29.8 Å². The van der Waals surface area contributed by atoms with E-state index in [1.54, 1.807) is 6.20 Å². The van der Waals surface area contributed by atoms with Crippen LogP contribution in [0.25, 0.3) is 10.8 Å². The normalized spacial score (nSPS) is 15.2. The van der Waals surface area contributed by atoms with E-state index >= 15 is 0 Å². The largest absolute Gasteiger partial charge is 0.294 e. The second-order valence-electron chi connectivity index (χ2n) is 4.47. The summed E-state index contributed by atoms with van der Waals surface area (Å²) in [5.74, 6) is 0.920. The van der Waals surface area contributed by atoms with Crippen LogP contribution in [0.15, 0.2) is 36.7 Å². The third kappa shape index (κ3) is 1.71. The minimum atomic E-state index is 0.277. The maximum Gasteiger partial charge on any atom is 0.163 e. The highest BCUT2D eigenvalue weighted by atomic mass is 16.1. The van der Waals surface area contributed by atoms with E-state index in [2.05, 4.69) is 4.98 Å². The highest BCUT2D eigenvalue weighted by molar-refractivity contribution is 6.08. The predicted molar refractivity (Wildman–Crippen MR) is 63.4 cm³/mol. The summed E-state index contributed by atoms with van der Waals surface area (Å²) < 4.78 is 0. The Morgan fingerprint density at radius 1 is 1.31 bits per heavy atom. The Labute approximate surface area is 94.3 Å². The van der Waals surface area contributed by atoms with Crippen LogP contribution in [0.5, 0.6) is 0 Å². The van der Waals surface area contributed by atoms with Crippen LogP contribution in [0, 0.1) is 5.92 Å². The van der Waals surface area contributed by atoms with Gasteiger partial charge in [-0.05, 0) is 30.2 Å². The Morgan fingerprint density at radius 3 is 3.00 bits per heavy atom. The molecule has 0 radical (unpaired) electrons. The highest BCUT2D eigenvalue weighted by Gasteiger charge is 2.25. The van der Waals surface area contributed by atoms with Gasteiger partial charge in [-0.2, -0.15) is 0 Å². The van der Waals surface area contributed by atoms with E-state index in [-0.39, 0.29) is 5.78 Å². The molecule has 0 bridgehead atoms. The second kappa shape index (κ2) is 3.71. The summed E-state index contributed by atoms with van der Waals surface area (Å²) >= 11 is 0. The first-order valence-electron chi connectivity index (χ1n) is 5.70. The maximum absolute atomic E-state index is 12.1. The molecule has 1 heterocycles. The SMILES string of the molecule is O=C(CC1CC1)c1cccc2cnccc12. The maximum atomic E-state index is 12.1. The summed E-state index contributed by atoms with van der Waals surface area (Å²) in [6.07, 6.45) is 6.71. The molecule has 1 fully saturated rings. The zero-order valence-corrected chi connectivity index (χ0v) is 9.02. The number of carbonyl (C=O) groups excluding carboxylic acids is 1. The molecule has 3 rings (SSSR count). The van der Waals surface area contributed by atoms with Gasteiger partial charge < -0.3 is 0 Å². The summed E-state index contributed by atoms with van der Waals surface area (Å²) in [6.45, 7) is 0. The van der Waals surface area contributed by atoms with Gasteiger partial charge in [-0.25, -0.2) is 0 Å². The highest BCUT2D eigenvalue weighted by Crippen LogP contribution is 2.34. The van der Waals surface area contributed by atoms with E-state index in [4.69, 9.17) is 0 Å². The third-order valence-electron chi connectivity index (χ3n) is 3.15. The number of rotatable bonds is 3. The molecule has 1 saturated carbocycles. The number of pyridine rings is 1. The monoisotopic (exact) mass is 211 g/mol. The number of hydrogen-bond acceptors (Lipinski definition) is 2. The Hall–Kier alpha value is -1.70. The Bertz CT molecular complexity index is 538. The number of Topliss-reactive ketones (excluding diaryl/α,β-unsaturated/α-hetero) is 1. The van der Waals surface area contributed by atoms with Crippen molar-refractivity contribution in [3.63, 3.8) is 0 Å².